The zero-order valence-electron chi connectivity index (χ0n) is 18.0. The lowest BCUT2D eigenvalue weighted by atomic mass is 10.1. The molecule has 9 heteroatoms. The van der Waals surface area contributed by atoms with E-state index < -0.39 is 0 Å². The van der Waals surface area contributed by atoms with Crippen molar-refractivity contribution in [1.82, 2.24) is 39.6 Å². The molecule has 164 valence electrons. The first-order valence-electron chi connectivity index (χ1n) is 10.7. The van der Waals surface area contributed by atoms with Gasteiger partial charge in [-0.3, -0.25) is 4.90 Å². The maximum absolute atomic E-state index is 6.88. The summed E-state index contributed by atoms with van der Waals surface area (Å²) in [6.45, 7) is 11.7. The van der Waals surface area contributed by atoms with Crippen LogP contribution in [0.5, 0.6) is 0 Å². The molecule has 1 aliphatic heterocycles. The fraction of sp³-hybridized carbons (Fsp3) is 0.304. The summed E-state index contributed by atoms with van der Waals surface area (Å²) in [6.07, 6.45) is 3.59. The van der Waals surface area contributed by atoms with Gasteiger partial charge in [0.15, 0.2) is 11.5 Å². The van der Waals surface area contributed by atoms with Gasteiger partial charge in [0.25, 0.3) is 0 Å². The fourth-order valence-corrected chi connectivity index (χ4v) is 4.39. The second-order valence-corrected chi connectivity index (χ2v) is 8.37. The minimum atomic E-state index is 0.535. The van der Waals surface area contributed by atoms with E-state index in [-0.39, 0.29) is 0 Å². The maximum atomic E-state index is 6.88. The zero-order valence-corrected chi connectivity index (χ0v) is 18.8. The van der Waals surface area contributed by atoms with Crippen molar-refractivity contribution in [2.45, 2.75) is 13.5 Å². The van der Waals surface area contributed by atoms with Gasteiger partial charge in [0.05, 0.1) is 17.0 Å². The number of halogens is 1. The quantitative estimate of drug-likeness (QED) is 0.450. The van der Waals surface area contributed by atoms with Gasteiger partial charge in [-0.05, 0) is 13.0 Å². The molecule has 0 bridgehead atoms. The molecule has 1 aliphatic rings. The molecule has 0 unspecified atom stereocenters. The Bertz CT molecular complexity index is 1220. The molecular formula is C23H25ClN8. The number of rotatable bonds is 6. The number of aromatic nitrogens is 6. The molecule has 5 rings (SSSR count). The monoisotopic (exact) mass is 448 g/mol. The van der Waals surface area contributed by atoms with Crippen molar-refractivity contribution in [2.75, 3.05) is 32.7 Å². The molecular weight excluding hydrogens is 424 g/mol. The smallest absolute Gasteiger partial charge is 0.186 e. The zero-order chi connectivity index (χ0) is 22.1. The third-order valence-corrected chi connectivity index (χ3v) is 6.26. The van der Waals surface area contributed by atoms with Crippen LogP contribution in [0, 0.1) is 0 Å². The average Bonchev–Trinajstić information content (AvgIpc) is 3.47. The lowest BCUT2D eigenvalue weighted by Crippen LogP contribution is -2.46. The Labute approximate surface area is 191 Å². The molecule has 0 spiro atoms. The molecule has 1 aromatic carbocycles. The van der Waals surface area contributed by atoms with Gasteiger partial charge in [0.2, 0.25) is 0 Å². The van der Waals surface area contributed by atoms with E-state index in [0.717, 1.165) is 49.4 Å². The van der Waals surface area contributed by atoms with Gasteiger partial charge in [-0.25, -0.2) is 9.36 Å². The van der Waals surface area contributed by atoms with Crippen LogP contribution in [0.25, 0.3) is 28.1 Å². The van der Waals surface area contributed by atoms with Crippen LogP contribution in [0.3, 0.4) is 0 Å². The summed E-state index contributed by atoms with van der Waals surface area (Å²) >= 11 is 6.88. The Balaban J connectivity index is 1.47. The van der Waals surface area contributed by atoms with Crippen LogP contribution in [-0.2, 0) is 6.54 Å². The van der Waals surface area contributed by atoms with Crippen LogP contribution >= 0.6 is 11.6 Å². The lowest BCUT2D eigenvalue weighted by molar-refractivity contribution is 0.154. The Morgan fingerprint density at radius 3 is 2.50 bits per heavy atom. The number of allylic oxidation sites excluding steroid dienone is 1. The van der Waals surface area contributed by atoms with Crippen molar-refractivity contribution in [3.63, 3.8) is 0 Å². The Morgan fingerprint density at radius 1 is 1.03 bits per heavy atom. The Kier molecular flexibility index (Phi) is 5.63. The lowest BCUT2D eigenvalue weighted by Gasteiger charge is -2.36. The molecule has 3 aromatic heterocycles. The summed E-state index contributed by atoms with van der Waals surface area (Å²) in [4.78, 5) is 4.76. The van der Waals surface area contributed by atoms with Crippen LogP contribution in [0.4, 0.5) is 0 Å². The summed E-state index contributed by atoms with van der Waals surface area (Å²) < 4.78 is 3.62. The average molecular weight is 449 g/mol. The summed E-state index contributed by atoms with van der Waals surface area (Å²) in [6, 6.07) is 11.7. The molecule has 0 atom stereocenters. The molecule has 0 aliphatic carbocycles. The standard InChI is InChI=1S/C23H25ClN8/c1-17(2)30-14-11-29(12-15-30)13-16-32-22-19(23(28-32)31-10-6-9-25-31)20(24)21(26-27-22)18-7-4-3-5-8-18/h3-10H,1,11-16H2,2H3. The minimum Gasteiger partial charge on any atom is -0.373 e. The van der Waals surface area contributed by atoms with Gasteiger partial charge in [-0.2, -0.15) is 10.2 Å². The van der Waals surface area contributed by atoms with Crippen molar-refractivity contribution < 1.29 is 0 Å². The highest BCUT2D eigenvalue weighted by Gasteiger charge is 2.22. The van der Waals surface area contributed by atoms with Crippen molar-refractivity contribution in [1.29, 1.82) is 0 Å². The molecule has 4 heterocycles. The molecule has 0 amide bonds. The van der Waals surface area contributed by atoms with E-state index >= 15 is 0 Å². The number of benzene rings is 1. The van der Waals surface area contributed by atoms with E-state index in [4.69, 9.17) is 16.7 Å². The highest BCUT2D eigenvalue weighted by atomic mass is 35.5. The molecule has 0 radical (unpaired) electrons. The first kappa shape index (κ1) is 20.7. The summed E-state index contributed by atoms with van der Waals surface area (Å²) in [7, 11) is 0. The highest BCUT2D eigenvalue weighted by molar-refractivity contribution is 6.38. The van der Waals surface area contributed by atoms with Gasteiger partial charge in [-0.15, -0.1) is 10.2 Å². The highest BCUT2D eigenvalue weighted by Crippen LogP contribution is 2.34. The van der Waals surface area contributed by atoms with E-state index in [2.05, 4.69) is 38.6 Å². The molecule has 8 nitrogen and oxygen atoms in total. The molecule has 0 saturated carbocycles. The maximum Gasteiger partial charge on any atom is 0.186 e. The van der Waals surface area contributed by atoms with E-state index in [9.17, 15) is 0 Å². The molecule has 4 aromatic rings. The SMILES string of the molecule is C=C(C)N1CCN(CCn2nc(-n3cccn3)c3c(Cl)c(-c4ccccc4)nnc32)CC1. The molecule has 0 N–H and O–H groups in total. The van der Waals surface area contributed by atoms with Crippen molar-refractivity contribution >= 4 is 22.6 Å². The third-order valence-electron chi connectivity index (χ3n) is 5.89. The van der Waals surface area contributed by atoms with Crippen LogP contribution in [-0.4, -0.2) is 72.3 Å². The van der Waals surface area contributed by atoms with Gasteiger partial charge in [-0.1, -0.05) is 48.5 Å². The van der Waals surface area contributed by atoms with E-state index in [1.807, 2.05) is 47.3 Å². The number of hydrogen-bond donors (Lipinski definition) is 0. The van der Waals surface area contributed by atoms with Gasteiger partial charge in [0, 0.05) is 56.4 Å². The summed E-state index contributed by atoms with van der Waals surface area (Å²) in [5.74, 6) is 0.661. The number of piperazine rings is 1. The molecule has 1 saturated heterocycles. The van der Waals surface area contributed by atoms with Crippen LogP contribution in [0.15, 0.2) is 61.1 Å². The second kappa shape index (κ2) is 8.72. The topological polar surface area (TPSA) is 67.9 Å². The Hall–Kier alpha value is -3.23. The van der Waals surface area contributed by atoms with Crippen molar-refractivity contribution in [3.05, 3.63) is 66.1 Å². The van der Waals surface area contributed by atoms with Gasteiger partial charge >= 0.3 is 0 Å². The van der Waals surface area contributed by atoms with Crippen molar-refractivity contribution in [3.8, 4) is 17.1 Å². The first-order chi connectivity index (χ1) is 15.6. The van der Waals surface area contributed by atoms with Gasteiger partial charge < -0.3 is 4.90 Å². The van der Waals surface area contributed by atoms with E-state index in [1.165, 1.54) is 0 Å². The molecule has 32 heavy (non-hydrogen) atoms. The number of fused-ring (bicyclic) bond motifs is 1. The predicted molar refractivity (Wildman–Crippen MR) is 126 cm³/mol. The normalized spacial score (nSPS) is 14.9. The van der Waals surface area contributed by atoms with Crippen molar-refractivity contribution in [2.24, 2.45) is 0 Å². The van der Waals surface area contributed by atoms with Crippen LogP contribution < -0.4 is 0 Å². The Morgan fingerprint density at radius 2 is 1.81 bits per heavy atom. The number of nitrogens with zero attached hydrogens (tertiary/aromatic N) is 8. The fourth-order valence-electron chi connectivity index (χ4n) is 4.08. The summed E-state index contributed by atoms with van der Waals surface area (Å²) in [5.41, 5.74) is 3.36. The third kappa shape index (κ3) is 3.87. The predicted octanol–water partition coefficient (Wildman–Crippen LogP) is 3.48. The van der Waals surface area contributed by atoms with E-state index in [1.54, 1.807) is 10.9 Å². The molecule has 1 fully saturated rings. The largest absolute Gasteiger partial charge is 0.373 e. The first-order valence-corrected chi connectivity index (χ1v) is 11.1. The van der Waals surface area contributed by atoms with Crippen LogP contribution in [0.2, 0.25) is 5.02 Å². The second-order valence-electron chi connectivity index (χ2n) is 7.99. The number of hydrogen-bond acceptors (Lipinski definition) is 6. The minimum absolute atomic E-state index is 0.535. The van der Waals surface area contributed by atoms with Crippen LogP contribution in [0.1, 0.15) is 6.92 Å². The van der Waals surface area contributed by atoms with E-state index in [0.29, 0.717) is 28.7 Å². The van der Waals surface area contributed by atoms with Gasteiger partial charge in [0.1, 0.15) is 5.69 Å². The summed E-state index contributed by atoms with van der Waals surface area (Å²) in [5, 5.41) is 19.5.